The van der Waals surface area contributed by atoms with Gasteiger partial charge in [-0.3, -0.25) is 9.59 Å². The predicted octanol–water partition coefficient (Wildman–Crippen LogP) is 14.7. The summed E-state index contributed by atoms with van der Waals surface area (Å²) < 4.78 is 5.64. The number of hydrogen-bond donors (Lipinski definition) is 1. The van der Waals surface area contributed by atoms with Crippen LogP contribution in [0.15, 0.2) is 72.9 Å². The third-order valence-electron chi connectivity index (χ3n) is 8.93. The van der Waals surface area contributed by atoms with Gasteiger partial charge in [0.25, 0.3) is 0 Å². The summed E-state index contributed by atoms with van der Waals surface area (Å²) in [7, 11) is 0. The maximum atomic E-state index is 12.2. The van der Waals surface area contributed by atoms with Gasteiger partial charge in [0.15, 0.2) is 0 Å². The lowest BCUT2D eigenvalue weighted by Crippen LogP contribution is -2.14. The first-order chi connectivity index (χ1) is 24.6. The third kappa shape index (κ3) is 41.6. The highest BCUT2D eigenvalue weighted by Gasteiger charge is 2.09. The summed E-state index contributed by atoms with van der Waals surface area (Å²) in [6.45, 7) is 4.20. The summed E-state index contributed by atoms with van der Waals surface area (Å²) >= 11 is 0. The molecule has 0 aliphatic carbocycles. The fourth-order valence-corrected chi connectivity index (χ4v) is 5.87. The number of rotatable bonds is 37. The van der Waals surface area contributed by atoms with Gasteiger partial charge >= 0.3 is 11.9 Å². The average Bonchev–Trinajstić information content (AvgIpc) is 3.09. The largest absolute Gasteiger partial charge is 0.481 e. The molecule has 4 nitrogen and oxygen atoms in total. The van der Waals surface area contributed by atoms with Crippen molar-refractivity contribution in [1.82, 2.24) is 0 Å². The van der Waals surface area contributed by atoms with Crippen molar-refractivity contribution in [3.63, 3.8) is 0 Å². The van der Waals surface area contributed by atoms with Crippen molar-refractivity contribution in [3.05, 3.63) is 72.9 Å². The van der Waals surface area contributed by atoms with Crippen LogP contribution in [0.3, 0.4) is 0 Å². The van der Waals surface area contributed by atoms with E-state index in [4.69, 9.17) is 9.84 Å². The average molecular weight is 695 g/mol. The van der Waals surface area contributed by atoms with E-state index in [-0.39, 0.29) is 12.1 Å². The molecule has 0 aromatic carbocycles. The monoisotopic (exact) mass is 695 g/mol. The molecular formula is C46H78O4. The lowest BCUT2D eigenvalue weighted by atomic mass is 10.0. The van der Waals surface area contributed by atoms with E-state index in [1.54, 1.807) is 0 Å². The number of aliphatic carboxylic acids is 1. The summed E-state index contributed by atoms with van der Waals surface area (Å²) in [5.74, 6) is -0.702. The number of carboxylic acids is 1. The minimum atomic E-state index is -0.665. The molecule has 0 saturated heterocycles. The van der Waals surface area contributed by atoms with Gasteiger partial charge in [0.05, 0.1) is 6.10 Å². The lowest BCUT2D eigenvalue weighted by Gasteiger charge is -2.13. The molecule has 0 aromatic heterocycles. The maximum Gasteiger partial charge on any atom is 0.306 e. The quantitative estimate of drug-likeness (QED) is 0.0399. The molecule has 0 amide bonds. The van der Waals surface area contributed by atoms with Crippen LogP contribution in [0, 0.1) is 0 Å². The first kappa shape index (κ1) is 47.4. The van der Waals surface area contributed by atoms with Crippen molar-refractivity contribution in [2.24, 2.45) is 0 Å². The normalized spacial score (nSPS) is 13.0. The zero-order valence-electron chi connectivity index (χ0n) is 32.7. The zero-order chi connectivity index (χ0) is 36.4. The van der Waals surface area contributed by atoms with E-state index in [0.29, 0.717) is 12.8 Å². The van der Waals surface area contributed by atoms with Crippen molar-refractivity contribution >= 4 is 11.9 Å². The first-order valence-electron chi connectivity index (χ1n) is 20.9. The Morgan fingerprint density at radius 1 is 0.460 bits per heavy atom. The van der Waals surface area contributed by atoms with Crippen LogP contribution < -0.4 is 0 Å². The standard InChI is InChI=1S/C46H78O4/c1-3-4-5-6-7-8-9-10-11-12-13-14-15-19-22-25-28-31-34-37-40-43-46(49)50-44(2)41-38-35-32-29-26-23-20-17-16-18-21-24-27-30-33-36-39-42-45(47)48/h4-5,7-8,10-11,13-14,19,22,28,31,44H,3,6,9,12,15-18,20-21,23-27,29-30,32-43H2,1-2H3,(H,47,48)/b5-4-,8-7-,11-10-,14-13-,22-19-,31-28-. The molecular weight excluding hydrogens is 617 g/mol. The molecule has 0 saturated carbocycles. The highest BCUT2D eigenvalue weighted by Crippen LogP contribution is 2.16. The summed E-state index contributed by atoms with van der Waals surface area (Å²) in [5, 5.41) is 8.65. The smallest absolute Gasteiger partial charge is 0.306 e. The Morgan fingerprint density at radius 2 is 0.800 bits per heavy atom. The van der Waals surface area contributed by atoms with E-state index in [1.165, 1.54) is 89.9 Å². The van der Waals surface area contributed by atoms with Crippen molar-refractivity contribution in [1.29, 1.82) is 0 Å². The number of carboxylic acid groups (broad SMARTS) is 1. The van der Waals surface area contributed by atoms with Gasteiger partial charge in [-0.15, -0.1) is 0 Å². The molecule has 0 aromatic rings. The molecule has 4 heteroatoms. The molecule has 0 bridgehead atoms. The van der Waals surface area contributed by atoms with Crippen LogP contribution in [0.1, 0.15) is 200 Å². The predicted molar refractivity (Wildman–Crippen MR) is 218 cm³/mol. The fourth-order valence-electron chi connectivity index (χ4n) is 5.87. The van der Waals surface area contributed by atoms with Gasteiger partial charge in [-0.1, -0.05) is 176 Å². The number of esters is 1. The molecule has 0 aliphatic heterocycles. The van der Waals surface area contributed by atoms with Gasteiger partial charge in [0.2, 0.25) is 0 Å². The second kappa shape index (κ2) is 40.8. The molecule has 0 radical (unpaired) electrons. The van der Waals surface area contributed by atoms with Crippen LogP contribution in [-0.2, 0) is 14.3 Å². The molecule has 286 valence electrons. The van der Waals surface area contributed by atoms with Crippen molar-refractivity contribution in [2.75, 3.05) is 0 Å². The first-order valence-corrected chi connectivity index (χ1v) is 20.9. The SMILES string of the molecule is CC/C=C\C/C=C\C/C=C\C/C=C\C/C=C\C/C=C\CCCCC(=O)OC(C)CCCCCCCCCCCCCCCCCCCC(=O)O. The summed E-state index contributed by atoms with van der Waals surface area (Å²) in [6, 6.07) is 0. The van der Waals surface area contributed by atoms with E-state index in [2.05, 4.69) is 79.8 Å². The molecule has 50 heavy (non-hydrogen) atoms. The molecule has 1 unspecified atom stereocenters. The van der Waals surface area contributed by atoms with E-state index < -0.39 is 5.97 Å². The van der Waals surface area contributed by atoms with Gasteiger partial charge in [0.1, 0.15) is 0 Å². The highest BCUT2D eigenvalue weighted by molar-refractivity contribution is 5.69. The Hall–Kier alpha value is -2.62. The molecule has 0 rings (SSSR count). The number of ether oxygens (including phenoxy) is 1. The second-order valence-corrected chi connectivity index (χ2v) is 13.9. The van der Waals surface area contributed by atoms with Crippen molar-refractivity contribution < 1.29 is 19.4 Å². The Kier molecular flexibility index (Phi) is 38.7. The molecule has 0 spiro atoms. The molecule has 0 heterocycles. The molecule has 1 N–H and O–H groups in total. The third-order valence-corrected chi connectivity index (χ3v) is 8.93. The summed E-state index contributed by atoms with van der Waals surface area (Å²) in [5.41, 5.74) is 0. The highest BCUT2D eigenvalue weighted by atomic mass is 16.5. The minimum absolute atomic E-state index is 0.0367. The maximum absolute atomic E-state index is 12.2. The lowest BCUT2D eigenvalue weighted by molar-refractivity contribution is -0.148. The molecule has 0 aliphatic rings. The van der Waals surface area contributed by atoms with Crippen LogP contribution in [0.4, 0.5) is 0 Å². The Bertz CT molecular complexity index is 922. The van der Waals surface area contributed by atoms with Gasteiger partial charge < -0.3 is 9.84 Å². The van der Waals surface area contributed by atoms with Gasteiger partial charge in [-0.25, -0.2) is 0 Å². The van der Waals surface area contributed by atoms with E-state index >= 15 is 0 Å². The Morgan fingerprint density at radius 3 is 1.20 bits per heavy atom. The van der Waals surface area contributed by atoms with Gasteiger partial charge in [0, 0.05) is 12.8 Å². The van der Waals surface area contributed by atoms with E-state index in [0.717, 1.165) is 83.5 Å². The minimum Gasteiger partial charge on any atom is -0.481 e. The topological polar surface area (TPSA) is 63.6 Å². The molecule has 1 atom stereocenters. The molecule has 0 fully saturated rings. The number of allylic oxidation sites excluding steroid dienone is 12. The van der Waals surface area contributed by atoms with E-state index in [9.17, 15) is 9.59 Å². The second-order valence-electron chi connectivity index (χ2n) is 13.9. The number of unbranched alkanes of at least 4 members (excludes halogenated alkanes) is 18. The number of carbonyl (C=O) groups is 2. The van der Waals surface area contributed by atoms with Crippen molar-refractivity contribution in [3.8, 4) is 0 Å². The van der Waals surface area contributed by atoms with Crippen LogP contribution in [0.5, 0.6) is 0 Å². The summed E-state index contributed by atoms with van der Waals surface area (Å²) in [4.78, 5) is 22.7. The van der Waals surface area contributed by atoms with E-state index in [1.807, 2.05) is 6.92 Å². The number of carbonyl (C=O) groups excluding carboxylic acids is 1. The van der Waals surface area contributed by atoms with Gasteiger partial charge in [-0.2, -0.15) is 0 Å². The number of hydrogen-bond acceptors (Lipinski definition) is 3. The van der Waals surface area contributed by atoms with Crippen LogP contribution in [0.25, 0.3) is 0 Å². The Labute approximate surface area is 309 Å². The zero-order valence-corrected chi connectivity index (χ0v) is 32.7. The van der Waals surface area contributed by atoms with Crippen molar-refractivity contribution in [2.45, 2.75) is 206 Å². The Balaban J connectivity index is 3.45. The van der Waals surface area contributed by atoms with Crippen LogP contribution in [-0.4, -0.2) is 23.1 Å². The fraction of sp³-hybridized carbons (Fsp3) is 0.696. The summed E-state index contributed by atoms with van der Waals surface area (Å²) in [6.07, 6.45) is 59.2. The van der Waals surface area contributed by atoms with Gasteiger partial charge in [-0.05, 0) is 84.0 Å². The van der Waals surface area contributed by atoms with Crippen LogP contribution in [0.2, 0.25) is 0 Å². The van der Waals surface area contributed by atoms with Crippen LogP contribution >= 0.6 is 0 Å².